The average molecular weight is 242 g/mol. The molecule has 0 amide bonds. The minimum atomic E-state index is 0.185. The topological polar surface area (TPSA) is 21.3 Å². The summed E-state index contributed by atoms with van der Waals surface area (Å²) < 4.78 is 5.28. The van der Waals surface area contributed by atoms with Crippen molar-refractivity contribution in [2.24, 2.45) is 0 Å². The van der Waals surface area contributed by atoms with Gasteiger partial charge in [-0.3, -0.25) is 0 Å². The largest absolute Gasteiger partial charge is 0.380 e. The van der Waals surface area contributed by atoms with E-state index in [4.69, 9.17) is 16.3 Å². The van der Waals surface area contributed by atoms with Crippen LogP contribution in [0.2, 0.25) is 5.02 Å². The molecule has 1 aromatic carbocycles. The van der Waals surface area contributed by atoms with Gasteiger partial charge >= 0.3 is 0 Å². The maximum Gasteiger partial charge on any atom is 0.0693 e. The maximum absolute atomic E-state index is 6.14. The smallest absolute Gasteiger partial charge is 0.0693 e. The molecule has 0 bridgehead atoms. The van der Waals surface area contributed by atoms with Gasteiger partial charge in [0.15, 0.2) is 0 Å². The lowest BCUT2D eigenvalue weighted by atomic mass is 10.1. The SMILES string of the molecule is COC(C)C(C)N[C@@H](C)c1ccccc1Cl. The second kappa shape index (κ2) is 6.24. The van der Waals surface area contributed by atoms with Gasteiger partial charge in [0.05, 0.1) is 6.10 Å². The van der Waals surface area contributed by atoms with E-state index in [0.29, 0.717) is 0 Å². The zero-order valence-electron chi connectivity index (χ0n) is 10.3. The fourth-order valence-corrected chi connectivity index (χ4v) is 1.95. The van der Waals surface area contributed by atoms with Crippen molar-refractivity contribution in [1.82, 2.24) is 5.32 Å². The highest BCUT2D eigenvalue weighted by molar-refractivity contribution is 6.31. The van der Waals surface area contributed by atoms with Crippen molar-refractivity contribution in [3.8, 4) is 0 Å². The molecule has 0 aliphatic heterocycles. The summed E-state index contributed by atoms with van der Waals surface area (Å²) in [5.41, 5.74) is 1.12. The molecule has 0 radical (unpaired) electrons. The third-order valence-electron chi connectivity index (χ3n) is 2.96. The highest BCUT2D eigenvalue weighted by atomic mass is 35.5. The number of hydrogen-bond acceptors (Lipinski definition) is 2. The third-order valence-corrected chi connectivity index (χ3v) is 3.30. The van der Waals surface area contributed by atoms with Crippen LogP contribution in [0.4, 0.5) is 0 Å². The summed E-state index contributed by atoms with van der Waals surface area (Å²) in [5, 5.41) is 4.28. The van der Waals surface area contributed by atoms with E-state index in [2.05, 4.69) is 26.1 Å². The molecule has 90 valence electrons. The molecule has 0 saturated carbocycles. The van der Waals surface area contributed by atoms with Crippen molar-refractivity contribution in [3.63, 3.8) is 0 Å². The second-order valence-corrected chi connectivity index (χ2v) is 4.55. The number of nitrogens with one attached hydrogen (secondary N) is 1. The average Bonchev–Trinajstić information content (AvgIpc) is 2.28. The first-order valence-electron chi connectivity index (χ1n) is 5.59. The molecule has 3 atom stereocenters. The van der Waals surface area contributed by atoms with E-state index in [-0.39, 0.29) is 18.2 Å². The van der Waals surface area contributed by atoms with E-state index < -0.39 is 0 Å². The van der Waals surface area contributed by atoms with Crippen LogP contribution >= 0.6 is 11.6 Å². The molecule has 0 aliphatic rings. The highest BCUT2D eigenvalue weighted by Crippen LogP contribution is 2.22. The molecule has 0 aromatic heterocycles. The first kappa shape index (κ1) is 13.5. The van der Waals surface area contributed by atoms with Crippen LogP contribution in [-0.2, 0) is 4.74 Å². The van der Waals surface area contributed by atoms with Gasteiger partial charge in [-0.2, -0.15) is 0 Å². The van der Waals surface area contributed by atoms with Crippen LogP contribution in [0.3, 0.4) is 0 Å². The minimum Gasteiger partial charge on any atom is -0.380 e. The van der Waals surface area contributed by atoms with Crippen LogP contribution in [0.1, 0.15) is 32.4 Å². The van der Waals surface area contributed by atoms with Crippen LogP contribution < -0.4 is 5.32 Å². The number of methoxy groups -OCH3 is 1. The number of benzene rings is 1. The Morgan fingerprint density at radius 1 is 1.19 bits per heavy atom. The standard InChI is InChI=1S/C13H20ClNO/c1-9(11(3)16-4)15-10(2)12-7-5-6-8-13(12)14/h5-11,15H,1-4H3/t9?,10-,11?/m0/s1. The summed E-state index contributed by atoms with van der Waals surface area (Å²) >= 11 is 6.14. The molecule has 2 unspecified atom stereocenters. The summed E-state index contributed by atoms with van der Waals surface area (Å²) in [6.07, 6.45) is 0.185. The molecule has 0 spiro atoms. The molecule has 2 nitrogen and oxygen atoms in total. The Morgan fingerprint density at radius 2 is 1.81 bits per heavy atom. The van der Waals surface area contributed by atoms with Gasteiger partial charge in [-0.15, -0.1) is 0 Å². The highest BCUT2D eigenvalue weighted by Gasteiger charge is 2.16. The molecular formula is C13H20ClNO. The fourth-order valence-electron chi connectivity index (χ4n) is 1.65. The van der Waals surface area contributed by atoms with Crippen LogP contribution in [0.5, 0.6) is 0 Å². The molecule has 3 heteroatoms. The minimum absolute atomic E-state index is 0.185. The number of rotatable bonds is 5. The Hall–Kier alpha value is -0.570. The van der Waals surface area contributed by atoms with Gasteiger partial charge in [0.25, 0.3) is 0 Å². The number of halogens is 1. The number of hydrogen-bond donors (Lipinski definition) is 1. The summed E-state index contributed by atoms with van der Waals surface area (Å²) in [5.74, 6) is 0. The second-order valence-electron chi connectivity index (χ2n) is 4.14. The lowest BCUT2D eigenvalue weighted by Crippen LogP contribution is -2.38. The van der Waals surface area contributed by atoms with E-state index in [1.54, 1.807) is 7.11 Å². The summed E-state index contributed by atoms with van der Waals surface area (Å²) in [6, 6.07) is 8.42. The van der Waals surface area contributed by atoms with Crippen molar-refractivity contribution in [2.75, 3.05) is 7.11 Å². The predicted octanol–water partition coefficient (Wildman–Crippen LogP) is 3.41. The van der Waals surface area contributed by atoms with Crippen molar-refractivity contribution >= 4 is 11.6 Å². The van der Waals surface area contributed by atoms with E-state index in [9.17, 15) is 0 Å². The van der Waals surface area contributed by atoms with Gasteiger partial charge in [-0.05, 0) is 32.4 Å². The summed E-state index contributed by atoms with van der Waals surface area (Å²) in [6.45, 7) is 6.28. The molecular weight excluding hydrogens is 222 g/mol. The zero-order chi connectivity index (χ0) is 12.1. The quantitative estimate of drug-likeness (QED) is 0.853. The molecule has 0 fully saturated rings. The van der Waals surface area contributed by atoms with Gasteiger partial charge in [0.1, 0.15) is 0 Å². The third kappa shape index (κ3) is 3.48. The molecule has 1 aromatic rings. The molecule has 0 saturated heterocycles. The van der Waals surface area contributed by atoms with E-state index in [1.807, 2.05) is 24.3 Å². The van der Waals surface area contributed by atoms with Gasteiger partial charge in [-0.1, -0.05) is 29.8 Å². The van der Waals surface area contributed by atoms with Gasteiger partial charge in [0, 0.05) is 24.2 Å². The normalized spacial score (nSPS) is 16.8. The zero-order valence-corrected chi connectivity index (χ0v) is 11.1. The van der Waals surface area contributed by atoms with E-state index in [1.165, 1.54) is 0 Å². The van der Waals surface area contributed by atoms with Gasteiger partial charge in [-0.25, -0.2) is 0 Å². The Balaban J connectivity index is 2.65. The number of ether oxygens (including phenoxy) is 1. The van der Waals surface area contributed by atoms with Crippen LogP contribution in [0.25, 0.3) is 0 Å². The van der Waals surface area contributed by atoms with Crippen LogP contribution in [0.15, 0.2) is 24.3 Å². The van der Waals surface area contributed by atoms with Crippen LogP contribution in [-0.4, -0.2) is 19.3 Å². The van der Waals surface area contributed by atoms with Crippen molar-refractivity contribution in [1.29, 1.82) is 0 Å². The summed E-state index contributed by atoms with van der Waals surface area (Å²) in [4.78, 5) is 0. The molecule has 0 aliphatic carbocycles. The van der Waals surface area contributed by atoms with Crippen LogP contribution in [0, 0.1) is 0 Å². The summed E-state index contributed by atoms with van der Waals surface area (Å²) in [7, 11) is 1.73. The monoisotopic (exact) mass is 241 g/mol. The predicted molar refractivity (Wildman–Crippen MR) is 68.9 cm³/mol. The lowest BCUT2D eigenvalue weighted by Gasteiger charge is -2.25. The van der Waals surface area contributed by atoms with E-state index >= 15 is 0 Å². The van der Waals surface area contributed by atoms with Crippen molar-refractivity contribution < 1.29 is 4.74 Å². The first-order chi connectivity index (χ1) is 7.56. The molecule has 1 rings (SSSR count). The van der Waals surface area contributed by atoms with Crippen molar-refractivity contribution in [3.05, 3.63) is 34.9 Å². The first-order valence-corrected chi connectivity index (χ1v) is 5.97. The molecule has 0 heterocycles. The van der Waals surface area contributed by atoms with E-state index in [0.717, 1.165) is 10.6 Å². The Morgan fingerprint density at radius 3 is 2.38 bits per heavy atom. The lowest BCUT2D eigenvalue weighted by molar-refractivity contribution is 0.0852. The molecule has 16 heavy (non-hydrogen) atoms. The van der Waals surface area contributed by atoms with Gasteiger partial charge in [0.2, 0.25) is 0 Å². The Kier molecular flexibility index (Phi) is 5.26. The Bertz CT molecular complexity index is 329. The van der Waals surface area contributed by atoms with Gasteiger partial charge < -0.3 is 10.1 Å². The fraction of sp³-hybridized carbons (Fsp3) is 0.538. The molecule has 1 N–H and O–H groups in total. The maximum atomic E-state index is 6.14. The Labute approximate surface area is 103 Å². The van der Waals surface area contributed by atoms with Crippen molar-refractivity contribution in [2.45, 2.75) is 39.0 Å².